The van der Waals surface area contributed by atoms with Crippen molar-refractivity contribution in [2.75, 3.05) is 0 Å². The summed E-state index contributed by atoms with van der Waals surface area (Å²) in [6.07, 6.45) is 3.11. The van der Waals surface area contributed by atoms with Gasteiger partial charge in [-0.2, -0.15) is 0 Å². The lowest BCUT2D eigenvalue weighted by atomic mass is 10.1. The van der Waals surface area contributed by atoms with E-state index >= 15 is 0 Å². The van der Waals surface area contributed by atoms with Gasteiger partial charge >= 0.3 is 0 Å². The molecule has 1 aromatic heterocycles. The number of carbonyl (C=O) groups excluding carboxylic acids is 2. The van der Waals surface area contributed by atoms with Gasteiger partial charge < -0.3 is 11.1 Å². The molecule has 3 aromatic rings. The molecule has 0 aliphatic heterocycles. The van der Waals surface area contributed by atoms with Crippen LogP contribution in [-0.4, -0.2) is 21.4 Å². The molecular weight excluding hydrogens is 304 g/mol. The highest BCUT2D eigenvalue weighted by Crippen LogP contribution is 2.11. The molecule has 3 N–H and O–H groups in total. The Labute approximate surface area is 138 Å². The smallest absolute Gasteiger partial charge is 0.270 e. The number of rotatable bonds is 5. The molecule has 0 saturated heterocycles. The molecule has 1 heterocycles. The zero-order valence-corrected chi connectivity index (χ0v) is 12.8. The minimum Gasteiger partial charge on any atom is -0.366 e. The first kappa shape index (κ1) is 15.5. The molecule has 120 valence electrons. The Morgan fingerprint density at radius 2 is 1.88 bits per heavy atom. The van der Waals surface area contributed by atoms with Crippen molar-refractivity contribution < 1.29 is 9.59 Å². The highest BCUT2D eigenvalue weighted by Gasteiger charge is 2.12. The van der Waals surface area contributed by atoms with Crippen LogP contribution in [0, 0.1) is 0 Å². The highest BCUT2D eigenvalue weighted by molar-refractivity contribution is 5.93. The summed E-state index contributed by atoms with van der Waals surface area (Å²) in [6, 6.07) is 16.3. The average molecular weight is 320 g/mol. The minimum absolute atomic E-state index is 0.249. The lowest BCUT2D eigenvalue weighted by molar-refractivity contribution is 0.0943. The summed E-state index contributed by atoms with van der Waals surface area (Å²) < 4.78 is 1.72. The van der Waals surface area contributed by atoms with Crippen LogP contribution in [0.25, 0.3) is 5.69 Å². The minimum atomic E-state index is -0.495. The van der Waals surface area contributed by atoms with Crippen LogP contribution in [0.15, 0.2) is 67.1 Å². The number of imidazole rings is 1. The number of nitrogens with two attached hydrogens (primary N) is 1. The van der Waals surface area contributed by atoms with E-state index in [1.165, 1.54) is 6.20 Å². The summed E-state index contributed by atoms with van der Waals surface area (Å²) >= 11 is 0. The number of aromatic nitrogens is 2. The summed E-state index contributed by atoms with van der Waals surface area (Å²) in [5.74, 6) is -0.744. The van der Waals surface area contributed by atoms with E-state index in [0.29, 0.717) is 17.8 Å². The number of amides is 2. The van der Waals surface area contributed by atoms with Crippen LogP contribution in [0.5, 0.6) is 0 Å². The van der Waals surface area contributed by atoms with Crippen LogP contribution >= 0.6 is 0 Å². The molecule has 0 radical (unpaired) electrons. The number of hydrogen-bond acceptors (Lipinski definition) is 3. The van der Waals surface area contributed by atoms with Crippen molar-refractivity contribution in [2.24, 2.45) is 5.73 Å². The van der Waals surface area contributed by atoms with Gasteiger partial charge in [0, 0.05) is 17.8 Å². The molecule has 0 atom stereocenters. The molecule has 6 nitrogen and oxygen atoms in total. The second-order valence-corrected chi connectivity index (χ2v) is 5.23. The lowest BCUT2D eigenvalue weighted by Gasteiger charge is -2.09. The number of para-hydroxylation sites is 1. The molecule has 6 heteroatoms. The standard InChI is InChI=1S/C18H16N4O2/c19-17(23)14-6-4-5-13(9-14)10-21-18(24)16-11-20-12-22(16)15-7-2-1-3-8-15/h1-9,11-12H,10H2,(H2,19,23)(H,21,24). The third kappa shape index (κ3) is 3.33. The molecule has 0 aliphatic carbocycles. The van der Waals surface area contributed by atoms with E-state index in [-0.39, 0.29) is 5.91 Å². The Hall–Kier alpha value is -3.41. The van der Waals surface area contributed by atoms with E-state index in [9.17, 15) is 9.59 Å². The summed E-state index contributed by atoms with van der Waals surface area (Å²) in [5, 5.41) is 2.83. The van der Waals surface area contributed by atoms with Gasteiger partial charge in [-0.25, -0.2) is 4.98 Å². The Morgan fingerprint density at radius 3 is 2.62 bits per heavy atom. The zero-order valence-electron chi connectivity index (χ0n) is 12.8. The van der Waals surface area contributed by atoms with Gasteiger partial charge in [-0.1, -0.05) is 30.3 Å². The maximum Gasteiger partial charge on any atom is 0.270 e. The van der Waals surface area contributed by atoms with Gasteiger partial charge in [-0.05, 0) is 29.8 Å². The number of carbonyl (C=O) groups is 2. The average Bonchev–Trinajstić information content (AvgIpc) is 3.10. The monoisotopic (exact) mass is 320 g/mol. The Bertz CT molecular complexity index is 871. The SMILES string of the molecule is NC(=O)c1cccc(CNC(=O)c2cncn2-c2ccccc2)c1. The highest BCUT2D eigenvalue weighted by atomic mass is 16.2. The molecular formula is C18H16N4O2. The van der Waals surface area contributed by atoms with Gasteiger partial charge in [0.1, 0.15) is 5.69 Å². The fourth-order valence-electron chi connectivity index (χ4n) is 2.36. The van der Waals surface area contributed by atoms with Crippen LogP contribution in [0.2, 0.25) is 0 Å². The molecule has 24 heavy (non-hydrogen) atoms. The number of hydrogen-bond donors (Lipinski definition) is 2. The summed E-state index contributed by atoms with van der Waals surface area (Å²) in [7, 11) is 0. The first-order valence-electron chi connectivity index (χ1n) is 7.40. The van der Waals surface area contributed by atoms with Gasteiger partial charge in [0.15, 0.2) is 0 Å². The second kappa shape index (κ2) is 6.78. The fourth-order valence-corrected chi connectivity index (χ4v) is 2.36. The lowest BCUT2D eigenvalue weighted by Crippen LogP contribution is -2.25. The van der Waals surface area contributed by atoms with E-state index in [4.69, 9.17) is 5.73 Å². The molecule has 0 unspecified atom stereocenters. The van der Waals surface area contributed by atoms with Crippen LogP contribution in [0.4, 0.5) is 0 Å². The number of primary amides is 1. The first-order valence-corrected chi connectivity index (χ1v) is 7.40. The van der Waals surface area contributed by atoms with E-state index in [2.05, 4.69) is 10.3 Å². The van der Waals surface area contributed by atoms with Crippen LogP contribution in [0.1, 0.15) is 26.4 Å². The van der Waals surface area contributed by atoms with E-state index < -0.39 is 5.91 Å². The maximum absolute atomic E-state index is 12.4. The molecule has 0 saturated carbocycles. The predicted octanol–water partition coefficient (Wildman–Crippen LogP) is 1.90. The molecule has 3 rings (SSSR count). The van der Waals surface area contributed by atoms with E-state index in [1.807, 2.05) is 36.4 Å². The van der Waals surface area contributed by atoms with Crippen molar-refractivity contribution in [3.8, 4) is 5.69 Å². The molecule has 0 fully saturated rings. The zero-order chi connectivity index (χ0) is 16.9. The Morgan fingerprint density at radius 1 is 1.08 bits per heavy atom. The van der Waals surface area contributed by atoms with Crippen LogP contribution in [0.3, 0.4) is 0 Å². The van der Waals surface area contributed by atoms with E-state index in [1.54, 1.807) is 29.1 Å². The third-order valence-electron chi connectivity index (χ3n) is 3.57. The molecule has 0 aliphatic rings. The predicted molar refractivity (Wildman–Crippen MR) is 89.7 cm³/mol. The van der Waals surface area contributed by atoms with Crippen molar-refractivity contribution in [2.45, 2.75) is 6.54 Å². The molecule has 2 aromatic carbocycles. The fraction of sp³-hybridized carbons (Fsp3) is 0.0556. The van der Waals surface area contributed by atoms with Crippen LogP contribution in [-0.2, 0) is 6.54 Å². The largest absolute Gasteiger partial charge is 0.366 e. The van der Waals surface area contributed by atoms with E-state index in [0.717, 1.165) is 11.3 Å². The summed E-state index contributed by atoms with van der Waals surface area (Å²) in [6.45, 7) is 0.292. The second-order valence-electron chi connectivity index (χ2n) is 5.23. The summed E-state index contributed by atoms with van der Waals surface area (Å²) in [5.41, 5.74) is 7.77. The topological polar surface area (TPSA) is 90.0 Å². The van der Waals surface area contributed by atoms with Crippen molar-refractivity contribution in [3.63, 3.8) is 0 Å². The van der Waals surface area contributed by atoms with Gasteiger partial charge in [0.25, 0.3) is 5.91 Å². The van der Waals surface area contributed by atoms with Gasteiger partial charge in [-0.15, -0.1) is 0 Å². The summed E-state index contributed by atoms with van der Waals surface area (Å²) in [4.78, 5) is 27.7. The number of nitrogens with one attached hydrogen (secondary N) is 1. The number of benzene rings is 2. The quantitative estimate of drug-likeness (QED) is 0.752. The van der Waals surface area contributed by atoms with Crippen LogP contribution < -0.4 is 11.1 Å². The Kier molecular flexibility index (Phi) is 4.38. The van der Waals surface area contributed by atoms with Crippen molar-refractivity contribution >= 4 is 11.8 Å². The molecule has 0 bridgehead atoms. The van der Waals surface area contributed by atoms with Crippen molar-refractivity contribution in [1.29, 1.82) is 0 Å². The van der Waals surface area contributed by atoms with Gasteiger partial charge in [0.05, 0.1) is 12.5 Å². The van der Waals surface area contributed by atoms with Gasteiger partial charge in [-0.3, -0.25) is 14.2 Å². The van der Waals surface area contributed by atoms with Crippen molar-refractivity contribution in [1.82, 2.24) is 14.9 Å². The normalized spacial score (nSPS) is 10.3. The molecule has 2 amide bonds. The van der Waals surface area contributed by atoms with Crippen molar-refractivity contribution in [3.05, 3.63) is 83.9 Å². The third-order valence-corrected chi connectivity index (χ3v) is 3.57. The van der Waals surface area contributed by atoms with Gasteiger partial charge in [0.2, 0.25) is 5.91 Å². The number of nitrogens with zero attached hydrogens (tertiary/aromatic N) is 2. The molecule has 0 spiro atoms. The first-order chi connectivity index (χ1) is 11.6. The Balaban J connectivity index is 1.74. The maximum atomic E-state index is 12.4.